The van der Waals surface area contributed by atoms with Crippen molar-refractivity contribution < 1.29 is 18.7 Å². The van der Waals surface area contributed by atoms with Crippen molar-refractivity contribution in [1.29, 1.82) is 0 Å². The molecule has 5 N–H and O–H groups in total. The molecule has 0 radical (unpaired) electrons. The number of carbonyl (C=O) groups is 1. The van der Waals surface area contributed by atoms with E-state index in [4.69, 9.17) is 10.8 Å². The highest BCUT2D eigenvalue weighted by atomic mass is 32.1. The van der Waals surface area contributed by atoms with E-state index in [1.54, 1.807) is 18.4 Å². The molecule has 28 heavy (non-hydrogen) atoms. The van der Waals surface area contributed by atoms with Crippen LogP contribution in [-0.4, -0.2) is 32.5 Å². The van der Waals surface area contributed by atoms with Gasteiger partial charge >= 0.3 is 0 Å². The maximum Gasteiger partial charge on any atom is 0.268 e. The first-order chi connectivity index (χ1) is 13.4. The Labute approximate surface area is 163 Å². The molecule has 3 aromatic rings. The fourth-order valence-corrected chi connectivity index (χ4v) is 3.51. The molecule has 10 heteroatoms. The summed E-state index contributed by atoms with van der Waals surface area (Å²) in [5.41, 5.74) is 8.12. The van der Waals surface area contributed by atoms with E-state index in [1.807, 2.05) is 0 Å². The number of aliphatic hydroxyl groups is 1. The molecule has 3 rings (SSSR count). The second kappa shape index (κ2) is 8.55. The van der Waals surface area contributed by atoms with E-state index in [1.165, 1.54) is 23.5 Å². The fourth-order valence-electron chi connectivity index (χ4n) is 2.63. The number of nitrogens with two attached hydrogens (primary N) is 1. The van der Waals surface area contributed by atoms with Gasteiger partial charge in [0.15, 0.2) is 0 Å². The quantitative estimate of drug-likeness (QED) is 0.480. The number of nitrogens with one attached hydrogen (secondary N) is 2. The molecule has 7 nitrogen and oxygen atoms in total. The van der Waals surface area contributed by atoms with Gasteiger partial charge in [-0.1, -0.05) is 0 Å². The van der Waals surface area contributed by atoms with Crippen molar-refractivity contribution in [1.82, 2.24) is 20.3 Å². The van der Waals surface area contributed by atoms with Crippen LogP contribution < -0.4 is 11.1 Å². The van der Waals surface area contributed by atoms with Crippen LogP contribution in [0.3, 0.4) is 0 Å². The van der Waals surface area contributed by atoms with E-state index in [9.17, 15) is 13.6 Å². The first kappa shape index (κ1) is 20.1. The van der Waals surface area contributed by atoms with E-state index in [2.05, 4.69) is 20.3 Å². The number of amides is 1. The van der Waals surface area contributed by atoms with E-state index >= 15 is 0 Å². The second-order valence-electron chi connectivity index (χ2n) is 6.12. The highest BCUT2D eigenvalue weighted by Gasteiger charge is 2.21. The molecule has 1 unspecified atom stereocenters. The zero-order valence-electron chi connectivity index (χ0n) is 14.9. The van der Waals surface area contributed by atoms with Crippen LogP contribution in [0.15, 0.2) is 29.8 Å². The molecule has 0 aliphatic heterocycles. The van der Waals surface area contributed by atoms with Gasteiger partial charge in [0.25, 0.3) is 12.3 Å². The molecular weight excluding hydrogens is 388 g/mol. The largest absolute Gasteiger partial charge is 0.390 e. The van der Waals surface area contributed by atoms with E-state index in [-0.39, 0.29) is 24.6 Å². The third-order valence-electron chi connectivity index (χ3n) is 4.13. The van der Waals surface area contributed by atoms with Crippen molar-refractivity contribution in [2.24, 2.45) is 5.73 Å². The first-order valence-electron chi connectivity index (χ1n) is 8.43. The number of nitrogens with zero attached hydrogens (tertiary/aromatic N) is 2. The molecule has 3 aromatic heterocycles. The molecule has 0 aliphatic carbocycles. The maximum atomic E-state index is 12.7. The predicted molar refractivity (Wildman–Crippen MR) is 101 cm³/mol. The Balaban J connectivity index is 1.78. The smallest absolute Gasteiger partial charge is 0.268 e. The Morgan fingerprint density at radius 2 is 2.21 bits per heavy atom. The molecule has 1 atom stereocenters. The topological polar surface area (TPSA) is 117 Å². The lowest BCUT2D eigenvalue weighted by Crippen LogP contribution is -2.33. The standard InChI is InChI=1S/C18H19F2N5O2S/c1-9-4-13(12-3-2-10(6-22-12)16(19)20)24-15(9)17(27)25-14(5-21)18-23-11(7-26)8-28-18/h2-4,6,8,14,16,24,26H,5,7,21H2,1H3,(H,25,27). The summed E-state index contributed by atoms with van der Waals surface area (Å²) >= 11 is 1.31. The van der Waals surface area contributed by atoms with Crippen LogP contribution >= 0.6 is 11.3 Å². The lowest BCUT2D eigenvalue weighted by Gasteiger charge is -2.14. The van der Waals surface area contributed by atoms with Crippen LogP contribution in [0.25, 0.3) is 11.4 Å². The molecule has 1 amide bonds. The number of pyridine rings is 1. The number of carbonyl (C=O) groups excluding carboxylic acids is 1. The van der Waals surface area contributed by atoms with Crippen molar-refractivity contribution >= 4 is 17.2 Å². The summed E-state index contributed by atoms with van der Waals surface area (Å²) in [4.78, 5) is 23.9. The van der Waals surface area contributed by atoms with Crippen molar-refractivity contribution in [2.75, 3.05) is 6.54 Å². The summed E-state index contributed by atoms with van der Waals surface area (Å²) in [6.07, 6.45) is -1.47. The Morgan fingerprint density at radius 3 is 2.79 bits per heavy atom. The van der Waals surface area contributed by atoms with Gasteiger partial charge in [0, 0.05) is 23.7 Å². The second-order valence-corrected chi connectivity index (χ2v) is 7.01. The number of thiazole rings is 1. The number of aromatic amines is 1. The van der Waals surface area contributed by atoms with Crippen LogP contribution in [0, 0.1) is 6.92 Å². The van der Waals surface area contributed by atoms with Gasteiger partial charge < -0.3 is 21.1 Å². The SMILES string of the molecule is Cc1cc(-c2ccc(C(F)F)cn2)[nH]c1C(=O)NC(CN)c1nc(CO)cs1. The normalized spacial score (nSPS) is 12.4. The number of alkyl halides is 2. The van der Waals surface area contributed by atoms with E-state index < -0.39 is 12.5 Å². The monoisotopic (exact) mass is 407 g/mol. The van der Waals surface area contributed by atoms with Gasteiger partial charge in [0.1, 0.15) is 10.7 Å². The minimum absolute atomic E-state index is 0.146. The average molecular weight is 407 g/mol. The van der Waals surface area contributed by atoms with Gasteiger partial charge in [0.2, 0.25) is 0 Å². The lowest BCUT2D eigenvalue weighted by molar-refractivity contribution is 0.0932. The molecule has 0 spiro atoms. The van der Waals surface area contributed by atoms with Gasteiger partial charge in [-0.15, -0.1) is 11.3 Å². The minimum Gasteiger partial charge on any atom is -0.390 e. The van der Waals surface area contributed by atoms with Gasteiger partial charge in [-0.25, -0.2) is 13.8 Å². The van der Waals surface area contributed by atoms with E-state index in [0.717, 1.165) is 6.20 Å². The van der Waals surface area contributed by atoms with Crippen molar-refractivity contribution in [3.05, 3.63) is 57.3 Å². The summed E-state index contributed by atoms with van der Waals surface area (Å²) in [5, 5.41) is 14.3. The van der Waals surface area contributed by atoms with Gasteiger partial charge in [0.05, 0.1) is 29.7 Å². The number of hydrogen-bond donors (Lipinski definition) is 4. The molecule has 0 saturated heterocycles. The zero-order chi connectivity index (χ0) is 20.3. The first-order valence-corrected chi connectivity index (χ1v) is 9.31. The molecule has 0 saturated carbocycles. The van der Waals surface area contributed by atoms with Crippen LogP contribution in [0.4, 0.5) is 8.78 Å². The van der Waals surface area contributed by atoms with Crippen LogP contribution in [0.1, 0.15) is 44.8 Å². The average Bonchev–Trinajstić information content (AvgIpc) is 3.32. The van der Waals surface area contributed by atoms with Crippen molar-refractivity contribution in [2.45, 2.75) is 26.0 Å². The van der Waals surface area contributed by atoms with Crippen molar-refractivity contribution in [3.63, 3.8) is 0 Å². The zero-order valence-corrected chi connectivity index (χ0v) is 15.8. The lowest BCUT2D eigenvalue weighted by atomic mass is 10.2. The molecule has 148 valence electrons. The minimum atomic E-state index is -2.58. The Bertz CT molecular complexity index is 955. The number of aliphatic hydroxyl groups excluding tert-OH is 1. The summed E-state index contributed by atoms with van der Waals surface area (Å²) < 4.78 is 25.3. The number of H-pyrrole nitrogens is 1. The van der Waals surface area contributed by atoms with Gasteiger partial charge in [-0.2, -0.15) is 0 Å². The van der Waals surface area contributed by atoms with Crippen LogP contribution in [-0.2, 0) is 6.61 Å². The molecular formula is C18H19F2N5O2S. The number of halogens is 2. The van der Waals surface area contributed by atoms with Gasteiger partial charge in [-0.05, 0) is 30.7 Å². The number of hydrogen-bond acceptors (Lipinski definition) is 6. The fraction of sp³-hybridized carbons (Fsp3) is 0.278. The number of aryl methyl sites for hydroxylation is 1. The van der Waals surface area contributed by atoms with Crippen LogP contribution in [0.2, 0.25) is 0 Å². The van der Waals surface area contributed by atoms with Crippen LogP contribution in [0.5, 0.6) is 0 Å². The number of rotatable bonds is 7. The third kappa shape index (κ3) is 4.24. The Kier molecular flexibility index (Phi) is 6.12. The third-order valence-corrected chi connectivity index (χ3v) is 5.13. The van der Waals surface area contributed by atoms with Crippen molar-refractivity contribution in [3.8, 4) is 11.4 Å². The Morgan fingerprint density at radius 1 is 1.43 bits per heavy atom. The maximum absolute atomic E-state index is 12.7. The van der Waals surface area contributed by atoms with E-state index in [0.29, 0.717) is 33.3 Å². The molecule has 3 heterocycles. The Hall–Kier alpha value is -2.69. The summed E-state index contributed by atoms with van der Waals surface area (Å²) in [7, 11) is 0. The molecule has 0 bridgehead atoms. The molecule has 0 aliphatic rings. The number of aromatic nitrogens is 3. The summed E-state index contributed by atoms with van der Waals surface area (Å²) in [5.74, 6) is -0.371. The predicted octanol–water partition coefficient (Wildman–Crippen LogP) is 2.70. The molecule has 0 fully saturated rings. The molecule has 0 aromatic carbocycles. The highest BCUT2D eigenvalue weighted by Crippen LogP contribution is 2.24. The summed E-state index contributed by atoms with van der Waals surface area (Å²) in [6, 6.07) is 4.01. The summed E-state index contributed by atoms with van der Waals surface area (Å²) in [6.45, 7) is 1.72. The highest BCUT2D eigenvalue weighted by molar-refractivity contribution is 7.09. The van der Waals surface area contributed by atoms with Gasteiger partial charge in [-0.3, -0.25) is 9.78 Å².